The molecule has 0 aliphatic carbocycles. The van der Waals surface area contributed by atoms with Gasteiger partial charge in [0.05, 0.1) is 18.0 Å². The molecule has 0 bridgehead atoms. The molecule has 3 heterocycles. The number of nitrogen functional groups attached to an aromatic ring is 1. The third kappa shape index (κ3) is 23.8. The third-order valence-electron chi connectivity index (χ3n) is 10.2. The fourth-order valence-electron chi connectivity index (χ4n) is 6.34. The molecule has 3 aromatic carbocycles. The number of nitriles is 2. The van der Waals surface area contributed by atoms with Crippen LogP contribution in [0.25, 0.3) is 0 Å². The molecule has 8 N–H and O–H groups in total. The number of hydrogen-bond donors (Lipinski definition) is 7. The van der Waals surface area contributed by atoms with E-state index in [0.29, 0.717) is 50.8 Å². The molecule has 0 atom stereocenters. The predicted molar refractivity (Wildman–Crippen MR) is 318 cm³/mol. The number of nitrogens with one attached hydrogen (secondary N) is 6. The second-order valence-corrected chi connectivity index (χ2v) is 20.7. The second kappa shape index (κ2) is 32.9. The second-order valence-electron chi connectivity index (χ2n) is 19.3. The van der Waals surface area contributed by atoms with Crippen LogP contribution in [0.2, 0.25) is 15.6 Å². The van der Waals surface area contributed by atoms with E-state index in [1.807, 2.05) is 64.0 Å². The first-order chi connectivity index (χ1) is 36.5. The van der Waals surface area contributed by atoms with Crippen molar-refractivity contribution in [1.82, 2.24) is 51.2 Å². The number of aryl methyl sites for hydroxylation is 3. The fraction of sp³-hybridized carbons (Fsp3) is 0.345. The lowest BCUT2D eigenvalue weighted by molar-refractivity contribution is 0.0955. The zero-order valence-electron chi connectivity index (χ0n) is 46.1. The smallest absolute Gasteiger partial charge is 0.257 e. The summed E-state index contributed by atoms with van der Waals surface area (Å²) in [6, 6.07) is 19.9. The number of hydrogen-bond acceptors (Lipinski definition) is 17. The summed E-state index contributed by atoms with van der Waals surface area (Å²) in [5, 5.41) is 34.5. The van der Waals surface area contributed by atoms with Gasteiger partial charge in [-0.05, 0) is 121 Å². The molecule has 0 saturated carbocycles. The predicted octanol–water partition coefficient (Wildman–Crippen LogP) is 10.6. The summed E-state index contributed by atoms with van der Waals surface area (Å²) in [5.41, 5.74) is 13.4. The van der Waals surface area contributed by atoms with Gasteiger partial charge < -0.3 is 42.5 Å². The van der Waals surface area contributed by atoms with Crippen molar-refractivity contribution in [3.8, 4) is 12.1 Å². The minimum atomic E-state index is -0.702. The van der Waals surface area contributed by atoms with Crippen molar-refractivity contribution >= 4 is 104 Å². The molecule has 0 spiro atoms. The third-order valence-corrected chi connectivity index (χ3v) is 11.1. The highest BCUT2D eigenvalue weighted by Crippen LogP contribution is 2.26. The number of rotatable bonds is 11. The Balaban J connectivity index is 0.000000530. The van der Waals surface area contributed by atoms with Crippen LogP contribution in [-0.2, 0) is 0 Å². The van der Waals surface area contributed by atoms with E-state index in [1.54, 1.807) is 57.5 Å². The Morgan fingerprint density at radius 1 is 0.620 bits per heavy atom. The number of benzene rings is 3. The number of aromatic nitrogens is 6. The minimum Gasteiger partial charge on any atom is -0.398 e. The molecular weight excluding hydrogens is 1090 g/mol. The summed E-state index contributed by atoms with van der Waals surface area (Å²) >= 11 is 21.8. The van der Waals surface area contributed by atoms with Crippen LogP contribution in [-0.4, -0.2) is 101 Å². The van der Waals surface area contributed by atoms with Gasteiger partial charge in [0, 0.05) is 74.7 Å². The standard InChI is InChI=1S/C20H26N6O.C14H12ClN5O.C9H12N2O.C6H15N.C5HCl3N2O.CH4/c1-13-7-8-14(18(27)22-5)9-16(13)24-19-23-11-15(10-21)17(25-19)26(6)12-20(2,3)4;1-8-3-4-9(13(21)17-2)5-11(8)19-14-18-7-10(6-16)12(15)20-14;1-6-3-4-7(5-8(6)10)9(12)11-2;1-6(2,3)5-7-4;6-3-2(4(7)11)1-9-5(8)10-3;/h7-9,11H,12H2,1-6H3,(H,22,27)(H,23,24,25);3-5,7H,1-2H3,(H,17,21)(H,18,19,20);3-5H,10H2,1-2H3,(H,11,12);7H,5H2,1-4H3;1H;1H4. The van der Waals surface area contributed by atoms with Gasteiger partial charge in [-0.2, -0.15) is 20.5 Å². The van der Waals surface area contributed by atoms with Crippen molar-refractivity contribution in [3.05, 3.63) is 139 Å². The first-order valence-corrected chi connectivity index (χ1v) is 25.2. The van der Waals surface area contributed by atoms with Crippen molar-refractivity contribution < 1.29 is 19.2 Å². The molecule has 6 rings (SSSR count). The van der Waals surface area contributed by atoms with Crippen molar-refractivity contribution in [2.24, 2.45) is 10.8 Å². The largest absolute Gasteiger partial charge is 0.398 e. The normalized spacial score (nSPS) is 10.2. The maximum atomic E-state index is 11.9. The molecule has 3 amide bonds. The van der Waals surface area contributed by atoms with Crippen molar-refractivity contribution in [2.75, 3.05) is 69.6 Å². The lowest BCUT2D eigenvalue weighted by Gasteiger charge is -2.28. The van der Waals surface area contributed by atoms with E-state index in [1.165, 1.54) is 18.6 Å². The minimum absolute atomic E-state index is 0. The van der Waals surface area contributed by atoms with Crippen LogP contribution in [0, 0.1) is 54.3 Å². The SMILES string of the molecule is C.CNC(=O)c1ccc(C)c(N)c1.CNC(=O)c1ccc(C)c(Nc2ncc(C#N)c(Cl)n2)c1.CNC(=O)c1ccc(C)c(Nc2ncc(C#N)c(N(C)CC(C)(C)C)n2)c1.CNCC(C)(C)C.O=C(Cl)c1cnc(Cl)nc1Cl. The zero-order chi connectivity index (χ0) is 59.1. The average Bonchev–Trinajstić information content (AvgIpc) is 3.38. The molecule has 0 unspecified atom stereocenters. The van der Waals surface area contributed by atoms with Crippen LogP contribution >= 0.6 is 46.4 Å². The molecule has 79 heavy (non-hydrogen) atoms. The van der Waals surface area contributed by atoms with E-state index in [-0.39, 0.29) is 63.2 Å². The molecule has 24 heteroatoms. The van der Waals surface area contributed by atoms with E-state index >= 15 is 0 Å². The highest BCUT2D eigenvalue weighted by Gasteiger charge is 2.19. The maximum Gasteiger partial charge on any atom is 0.257 e. The first kappa shape index (κ1) is 69.3. The van der Waals surface area contributed by atoms with Crippen LogP contribution in [0.3, 0.4) is 0 Å². The number of nitrogens with two attached hydrogens (primary N) is 1. The molecule has 0 aliphatic rings. The Labute approximate surface area is 483 Å². The summed E-state index contributed by atoms with van der Waals surface area (Å²) in [6.07, 6.45) is 4.03. The lowest BCUT2D eigenvalue weighted by Crippen LogP contribution is -2.30. The summed E-state index contributed by atoms with van der Waals surface area (Å²) in [7, 11) is 8.65. The van der Waals surface area contributed by atoms with Gasteiger partial charge in [-0.15, -0.1) is 0 Å². The summed E-state index contributed by atoms with van der Waals surface area (Å²) in [5.74, 6) is 0.756. The molecule has 6 aromatic rings. The molecule has 422 valence electrons. The summed E-state index contributed by atoms with van der Waals surface area (Å²) < 4.78 is 0. The van der Waals surface area contributed by atoms with Gasteiger partial charge in [0.25, 0.3) is 23.0 Å². The monoisotopic (exact) mass is 1160 g/mol. The quantitative estimate of drug-likeness (QED) is 0.0275. The molecular formula is C55H70Cl4N16O4. The highest BCUT2D eigenvalue weighted by atomic mass is 35.5. The van der Waals surface area contributed by atoms with E-state index in [4.69, 9.17) is 57.4 Å². The Hall–Kier alpha value is -7.72. The van der Waals surface area contributed by atoms with Gasteiger partial charge in [0.15, 0.2) is 11.0 Å². The van der Waals surface area contributed by atoms with E-state index in [0.717, 1.165) is 35.5 Å². The number of nitrogens with zero attached hydrogens (tertiary/aromatic N) is 9. The van der Waals surface area contributed by atoms with Gasteiger partial charge >= 0.3 is 0 Å². The Morgan fingerprint density at radius 3 is 1.43 bits per heavy atom. The topological polar surface area (TPSA) is 295 Å². The van der Waals surface area contributed by atoms with Gasteiger partial charge in [-0.3, -0.25) is 19.2 Å². The van der Waals surface area contributed by atoms with Crippen molar-refractivity contribution in [2.45, 2.75) is 69.7 Å². The zero-order valence-corrected chi connectivity index (χ0v) is 49.1. The van der Waals surface area contributed by atoms with Crippen LogP contribution < -0.4 is 42.5 Å². The van der Waals surface area contributed by atoms with Gasteiger partial charge in [0.1, 0.15) is 28.4 Å². The van der Waals surface area contributed by atoms with Crippen molar-refractivity contribution in [3.63, 3.8) is 0 Å². The maximum absolute atomic E-state index is 11.9. The van der Waals surface area contributed by atoms with Crippen LogP contribution in [0.15, 0.2) is 73.2 Å². The Bertz CT molecular complexity index is 3130. The Kier molecular flexibility index (Phi) is 28.8. The van der Waals surface area contributed by atoms with E-state index < -0.39 is 5.24 Å². The first-order valence-electron chi connectivity index (χ1n) is 23.7. The van der Waals surface area contributed by atoms with E-state index in [9.17, 15) is 24.4 Å². The lowest BCUT2D eigenvalue weighted by atomic mass is 9.96. The number of halogens is 4. The molecule has 20 nitrogen and oxygen atoms in total. The molecule has 0 saturated heterocycles. The Morgan fingerprint density at radius 2 is 1.06 bits per heavy atom. The van der Waals surface area contributed by atoms with Crippen LogP contribution in [0.1, 0.15) is 118 Å². The van der Waals surface area contributed by atoms with Crippen LogP contribution in [0.4, 0.5) is 34.8 Å². The number of carbonyl (C=O) groups is 4. The summed E-state index contributed by atoms with van der Waals surface area (Å²) in [6.45, 7) is 20.6. The highest BCUT2D eigenvalue weighted by molar-refractivity contribution is 6.68. The van der Waals surface area contributed by atoms with Crippen molar-refractivity contribution in [1.29, 1.82) is 10.5 Å². The molecule has 0 fully saturated rings. The average molecular weight is 1160 g/mol. The van der Waals surface area contributed by atoms with Gasteiger partial charge in [-0.25, -0.2) is 19.9 Å². The molecule has 0 radical (unpaired) electrons. The van der Waals surface area contributed by atoms with Gasteiger partial charge in [0.2, 0.25) is 17.2 Å². The number of anilines is 6. The van der Waals surface area contributed by atoms with E-state index in [2.05, 4.69) is 109 Å². The van der Waals surface area contributed by atoms with Gasteiger partial charge in [-0.1, -0.05) is 90.4 Å². The summed E-state index contributed by atoms with van der Waals surface area (Å²) in [4.78, 5) is 70.9. The molecule has 0 aliphatic heterocycles. The fourth-order valence-corrected chi connectivity index (χ4v) is 7.09. The molecule has 3 aromatic heterocycles. The van der Waals surface area contributed by atoms with Crippen LogP contribution in [0.5, 0.6) is 0 Å². The number of carbonyl (C=O) groups excluding carboxylic acids is 4. The number of amides is 3.